The molecule has 0 radical (unpaired) electrons. The minimum Gasteiger partial charge on any atom is -0.393 e. The normalized spacial score (nSPS) is 10.9. The molecule has 0 aliphatic carbocycles. The van der Waals surface area contributed by atoms with Gasteiger partial charge in [-0.25, -0.2) is 9.97 Å². The van der Waals surface area contributed by atoms with Gasteiger partial charge in [0.05, 0.1) is 10.4 Å². The second kappa shape index (κ2) is 6.09. The van der Waals surface area contributed by atoms with E-state index in [2.05, 4.69) is 29.0 Å². The number of thiocarbonyl (C=S) groups is 1. The molecule has 0 fully saturated rings. The summed E-state index contributed by atoms with van der Waals surface area (Å²) >= 11 is 8.23. The van der Waals surface area contributed by atoms with Crippen molar-refractivity contribution in [2.24, 2.45) is 5.73 Å². The third-order valence-electron chi connectivity index (χ3n) is 3.04. The fourth-order valence-electron chi connectivity index (χ4n) is 2.22. The molecule has 0 saturated carbocycles. The molecule has 3 aromatic rings. The molecule has 2 N–H and O–H groups in total. The molecule has 0 amide bonds. The third kappa shape index (κ3) is 2.92. The number of hydrogen-bond acceptors (Lipinski definition) is 5. The Morgan fingerprint density at radius 1 is 1.29 bits per heavy atom. The van der Waals surface area contributed by atoms with Crippen LogP contribution in [0.3, 0.4) is 0 Å². The molecule has 0 atom stereocenters. The van der Waals surface area contributed by atoms with Crippen LogP contribution in [0.15, 0.2) is 41.7 Å². The Morgan fingerprint density at radius 2 is 2.05 bits per heavy atom. The van der Waals surface area contributed by atoms with Crippen molar-refractivity contribution >= 4 is 50.5 Å². The maximum Gasteiger partial charge on any atom is 0.128 e. The van der Waals surface area contributed by atoms with Gasteiger partial charge in [-0.15, -0.1) is 11.3 Å². The minimum absolute atomic E-state index is 0.486. The van der Waals surface area contributed by atoms with E-state index in [1.54, 1.807) is 29.4 Å². The number of nitrogens with zero attached hydrogens (tertiary/aromatic N) is 2. The molecule has 6 heteroatoms. The summed E-state index contributed by atoms with van der Waals surface area (Å²) in [5, 5.41) is 2.04. The van der Waals surface area contributed by atoms with Gasteiger partial charge in [0, 0.05) is 16.2 Å². The molecule has 2 heterocycles. The van der Waals surface area contributed by atoms with Gasteiger partial charge in [0.2, 0.25) is 0 Å². The molecule has 0 saturated heterocycles. The average Bonchev–Trinajstić information content (AvgIpc) is 2.82. The molecule has 3 rings (SSSR count). The second-order valence-corrected chi connectivity index (χ2v) is 7.20. The van der Waals surface area contributed by atoms with Crippen LogP contribution in [-0.2, 0) is 0 Å². The summed E-state index contributed by atoms with van der Waals surface area (Å²) in [5.41, 5.74) is 8.01. The second-order valence-electron chi connectivity index (χ2n) is 4.51. The average molecular weight is 331 g/mol. The first kappa shape index (κ1) is 14.4. The first-order valence-corrected chi connectivity index (χ1v) is 8.58. The van der Waals surface area contributed by atoms with Gasteiger partial charge < -0.3 is 5.73 Å². The lowest BCUT2D eigenvalue weighted by molar-refractivity contribution is 1.11. The summed E-state index contributed by atoms with van der Waals surface area (Å²) in [6.45, 7) is 2.12. The van der Waals surface area contributed by atoms with Crippen molar-refractivity contribution in [2.75, 3.05) is 5.75 Å². The van der Waals surface area contributed by atoms with E-state index in [1.807, 2.05) is 18.2 Å². The zero-order chi connectivity index (χ0) is 14.8. The molecular weight excluding hydrogens is 318 g/mol. The highest BCUT2D eigenvalue weighted by Crippen LogP contribution is 2.40. The number of thioether (sulfide) groups is 1. The van der Waals surface area contributed by atoms with Gasteiger partial charge in [0.15, 0.2) is 0 Å². The predicted molar refractivity (Wildman–Crippen MR) is 95.1 cm³/mol. The fraction of sp³-hybridized carbons (Fsp3) is 0.133. The van der Waals surface area contributed by atoms with E-state index in [4.69, 9.17) is 18.0 Å². The van der Waals surface area contributed by atoms with Gasteiger partial charge in [-0.1, -0.05) is 54.3 Å². The van der Waals surface area contributed by atoms with E-state index in [1.165, 1.54) is 16.0 Å². The van der Waals surface area contributed by atoms with Crippen molar-refractivity contribution in [1.82, 2.24) is 9.97 Å². The van der Waals surface area contributed by atoms with Gasteiger partial charge in [-0.2, -0.15) is 0 Å². The van der Waals surface area contributed by atoms with E-state index in [0.29, 0.717) is 10.7 Å². The Morgan fingerprint density at radius 3 is 2.76 bits per heavy atom. The van der Waals surface area contributed by atoms with Crippen LogP contribution >= 0.6 is 35.3 Å². The van der Waals surface area contributed by atoms with Gasteiger partial charge in [0.25, 0.3) is 0 Å². The Bertz CT molecular complexity index is 797. The van der Waals surface area contributed by atoms with Crippen molar-refractivity contribution in [2.45, 2.75) is 11.9 Å². The fourth-order valence-corrected chi connectivity index (χ4v) is 4.22. The largest absolute Gasteiger partial charge is 0.393 e. The predicted octanol–water partition coefficient (Wildman–Crippen LogP) is 4.04. The van der Waals surface area contributed by atoms with E-state index in [-0.39, 0.29) is 0 Å². The maximum absolute atomic E-state index is 5.61. The summed E-state index contributed by atoms with van der Waals surface area (Å²) < 4.78 is 0. The summed E-state index contributed by atoms with van der Waals surface area (Å²) in [5.74, 6) is 0.588. The number of aryl methyl sites for hydroxylation is 1. The number of benzene rings is 1. The SMILES string of the molecule is Cc1sc2ncnc(SCC(N)=S)c2c1-c1ccccc1. The highest BCUT2D eigenvalue weighted by Gasteiger charge is 2.16. The van der Waals surface area contributed by atoms with Crippen LogP contribution in [0.4, 0.5) is 0 Å². The highest BCUT2D eigenvalue weighted by atomic mass is 32.2. The van der Waals surface area contributed by atoms with Crippen LogP contribution in [0.1, 0.15) is 4.88 Å². The quantitative estimate of drug-likeness (QED) is 0.444. The number of thiophene rings is 1. The zero-order valence-corrected chi connectivity index (χ0v) is 13.8. The van der Waals surface area contributed by atoms with Crippen LogP contribution in [0.2, 0.25) is 0 Å². The highest BCUT2D eigenvalue weighted by molar-refractivity contribution is 8.01. The molecule has 0 unspecified atom stereocenters. The number of nitrogens with two attached hydrogens (primary N) is 1. The molecule has 1 aromatic carbocycles. The van der Waals surface area contributed by atoms with Crippen LogP contribution in [-0.4, -0.2) is 20.7 Å². The van der Waals surface area contributed by atoms with Crippen LogP contribution < -0.4 is 5.73 Å². The maximum atomic E-state index is 5.61. The van der Waals surface area contributed by atoms with Crippen molar-refractivity contribution in [3.05, 3.63) is 41.5 Å². The Balaban J connectivity index is 2.19. The lowest BCUT2D eigenvalue weighted by Crippen LogP contribution is -2.10. The lowest BCUT2D eigenvalue weighted by atomic mass is 10.0. The summed E-state index contributed by atoms with van der Waals surface area (Å²) in [6, 6.07) is 10.3. The molecule has 21 heavy (non-hydrogen) atoms. The van der Waals surface area contributed by atoms with E-state index >= 15 is 0 Å². The van der Waals surface area contributed by atoms with Crippen LogP contribution in [0.5, 0.6) is 0 Å². The lowest BCUT2D eigenvalue weighted by Gasteiger charge is -2.05. The molecule has 0 spiro atoms. The van der Waals surface area contributed by atoms with E-state index in [9.17, 15) is 0 Å². The van der Waals surface area contributed by atoms with Gasteiger partial charge in [-0.3, -0.25) is 0 Å². The topological polar surface area (TPSA) is 51.8 Å². The first-order chi connectivity index (χ1) is 10.2. The number of aromatic nitrogens is 2. The standard InChI is InChI=1S/C15H13N3S3/c1-9-12(10-5-3-2-4-6-10)13-14(20-7-11(16)19)17-8-18-15(13)21-9/h2-6,8H,7H2,1H3,(H2,16,19). The first-order valence-electron chi connectivity index (χ1n) is 6.37. The van der Waals surface area contributed by atoms with Crippen molar-refractivity contribution in [3.63, 3.8) is 0 Å². The zero-order valence-electron chi connectivity index (χ0n) is 11.4. The van der Waals surface area contributed by atoms with Crippen molar-refractivity contribution in [3.8, 4) is 11.1 Å². The van der Waals surface area contributed by atoms with Gasteiger partial charge in [0.1, 0.15) is 16.2 Å². The van der Waals surface area contributed by atoms with Crippen molar-refractivity contribution in [1.29, 1.82) is 0 Å². The summed E-state index contributed by atoms with van der Waals surface area (Å²) in [7, 11) is 0. The summed E-state index contributed by atoms with van der Waals surface area (Å²) in [4.78, 5) is 11.6. The summed E-state index contributed by atoms with van der Waals surface area (Å²) in [6.07, 6.45) is 1.61. The molecule has 0 aliphatic rings. The van der Waals surface area contributed by atoms with Gasteiger partial charge >= 0.3 is 0 Å². The molecule has 2 aromatic heterocycles. The number of fused-ring (bicyclic) bond motifs is 1. The Hall–Kier alpha value is -1.50. The number of rotatable bonds is 4. The molecule has 106 valence electrons. The number of hydrogen-bond donors (Lipinski definition) is 1. The van der Waals surface area contributed by atoms with Gasteiger partial charge in [-0.05, 0) is 12.5 Å². The monoisotopic (exact) mass is 331 g/mol. The Labute approximate surface area is 136 Å². The molecule has 3 nitrogen and oxygen atoms in total. The molecule has 0 aliphatic heterocycles. The smallest absolute Gasteiger partial charge is 0.128 e. The van der Waals surface area contributed by atoms with E-state index in [0.717, 1.165) is 15.2 Å². The van der Waals surface area contributed by atoms with Crippen LogP contribution in [0.25, 0.3) is 21.3 Å². The van der Waals surface area contributed by atoms with Crippen molar-refractivity contribution < 1.29 is 0 Å². The molecular formula is C15H13N3S3. The molecule has 0 bridgehead atoms. The Kier molecular flexibility index (Phi) is 4.19. The minimum atomic E-state index is 0.486. The third-order valence-corrected chi connectivity index (χ3v) is 5.42. The van der Waals surface area contributed by atoms with Crippen LogP contribution in [0, 0.1) is 6.92 Å². The van der Waals surface area contributed by atoms with E-state index < -0.39 is 0 Å².